The maximum Gasteiger partial charge on any atom is 0.296 e. The van der Waals surface area contributed by atoms with Crippen LogP contribution in [0.15, 0.2) is 97.2 Å². The Kier molecular flexibility index (Phi) is 4.92. The number of imidazole rings is 1. The SMILES string of the molecule is C=C1C2(CC)c3cc(Cc4ccccc4)cc4c5ccccc5n5c(-c6c(C)cc(C)cc6C)c[n+](c5c34)[C@@]12CC. The number of hydrogen-bond acceptors (Lipinski definition) is 0. The van der Waals surface area contributed by atoms with Crippen LogP contribution in [0.4, 0.5) is 0 Å². The molecule has 0 spiro atoms. The highest BCUT2D eigenvalue weighted by molar-refractivity contribution is 6.14. The Morgan fingerprint density at radius 3 is 2.20 bits per heavy atom. The van der Waals surface area contributed by atoms with Gasteiger partial charge in [0, 0.05) is 16.3 Å². The van der Waals surface area contributed by atoms with Gasteiger partial charge in [0.2, 0.25) is 0 Å². The fourth-order valence-corrected chi connectivity index (χ4v) is 9.01. The zero-order valence-electron chi connectivity index (χ0n) is 24.8. The van der Waals surface area contributed by atoms with Crippen molar-refractivity contribution in [2.75, 3.05) is 0 Å². The number of para-hydroxylation sites is 1. The van der Waals surface area contributed by atoms with Crippen LogP contribution in [0.2, 0.25) is 0 Å². The molecule has 0 amide bonds. The van der Waals surface area contributed by atoms with Crippen molar-refractivity contribution >= 4 is 27.3 Å². The van der Waals surface area contributed by atoms with E-state index in [-0.39, 0.29) is 11.0 Å². The topological polar surface area (TPSA) is 8.29 Å². The Labute approximate surface area is 242 Å². The van der Waals surface area contributed by atoms with Crippen LogP contribution in [-0.2, 0) is 17.4 Å². The smallest absolute Gasteiger partial charge is 0.218 e. The lowest BCUT2D eigenvalue weighted by atomic mass is 9.80. The lowest BCUT2D eigenvalue weighted by Crippen LogP contribution is -2.52. The second-order valence-electron chi connectivity index (χ2n) is 12.5. The molecular weight excluding hydrogens is 496 g/mol. The summed E-state index contributed by atoms with van der Waals surface area (Å²) < 4.78 is 5.22. The third-order valence-electron chi connectivity index (χ3n) is 10.5. The van der Waals surface area contributed by atoms with E-state index < -0.39 is 0 Å². The van der Waals surface area contributed by atoms with Crippen molar-refractivity contribution in [3.05, 3.63) is 131 Å². The van der Waals surface area contributed by atoms with Gasteiger partial charge in [0.15, 0.2) is 5.69 Å². The highest BCUT2D eigenvalue weighted by Crippen LogP contribution is 2.71. The average Bonchev–Trinajstić information content (AvgIpc) is 3.29. The molecule has 1 aliphatic heterocycles. The lowest BCUT2D eigenvalue weighted by Gasteiger charge is -2.27. The quantitative estimate of drug-likeness (QED) is 0.119. The van der Waals surface area contributed by atoms with Gasteiger partial charge in [-0.1, -0.05) is 92.7 Å². The fraction of sp³-hybridized carbons (Fsp3) is 0.256. The van der Waals surface area contributed by atoms with E-state index in [0.29, 0.717) is 0 Å². The first-order chi connectivity index (χ1) is 19.9. The Hall–Kier alpha value is -4.17. The van der Waals surface area contributed by atoms with E-state index in [1.165, 1.54) is 77.5 Å². The van der Waals surface area contributed by atoms with Gasteiger partial charge < -0.3 is 0 Å². The molecule has 1 aliphatic carbocycles. The number of benzene rings is 4. The first kappa shape index (κ1) is 24.6. The standard InChI is InChI=1S/C39H37N2/c1-7-38-27(6)39(38,8-2)40-23-34(35-25(4)18-24(3)19-26(35)5)41-33-17-13-12-16-30(33)31-21-29(20-28-14-10-9-11-15-28)22-32(38)36(31)37(40)41/h9-19,21-23H,6-8,20H2,1-5H3/q+1/t38?,39-/m0/s1. The second kappa shape index (κ2) is 8.19. The molecule has 0 N–H and O–H groups in total. The monoisotopic (exact) mass is 533 g/mol. The van der Waals surface area contributed by atoms with Gasteiger partial charge in [0.25, 0.3) is 5.65 Å². The predicted molar refractivity (Wildman–Crippen MR) is 171 cm³/mol. The molecule has 1 fully saturated rings. The maximum absolute atomic E-state index is 4.84. The van der Waals surface area contributed by atoms with Gasteiger partial charge in [-0.05, 0) is 85.6 Å². The molecule has 41 heavy (non-hydrogen) atoms. The minimum absolute atomic E-state index is 0.0523. The molecule has 3 heterocycles. The van der Waals surface area contributed by atoms with E-state index >= 15 is 0 Å². The van der Waals surface area contributed by atoms with Gasteiger partial charge in [-0.15, -0.1) is 0 Å². The first-order valence-corrected chi connectivity index (χ1v) is 15.1. The summed E-state index contributed by atoms with van der Waals surface area (Å²) in [5.74, 6) is 0. The van der Waals surface area contributed by atoms with E-state index in [4.69, 9.17) is 6.58 Å². The van der Waals surface area contributed by atoms with Gasteiger partial charge in [0.05, 0.1) is 10.8 Å². The van der Waals surface area contributed by atoms with E-state index in [2.05, 4.69) is 129 Å². The maximum atomic E-state index is 4.84. The summed E-state index contributed by atoms with van der Waals surface area (Å²) in [5.41, 5.74) is 14.6. The summed E-state index contributed by atoms with van der Waals surface area (Å²) in [4.78, 5) is 0. The van der Waals surface area contributed by atoms with E-state index in [0.717, 1.165) is 19.3 Å². The fourth-order valence-electron chi connectivity index (χ4n) is 9.01. The highest BCUT2D eigenvalue weighted by atomic mass is 15.2. The third kappa shape index (κ3) is 2.86. The predicted octanol–water partition coefficient (Wildman–Crippen LogP) is 9.05. The molecule has 1 unspecified atom stereocenters. The molecule has 2 heteroatoms. The van der Waals surface area contributed by atoms with Crippen LogP contribution in [0.3, 0.4) is 0 Å². The minimum atomic E-state index is -0.106. The van der Waals surface area contributed by atoms with Crippen LogP contribution in [0, 0.1) is 20.8 Å². The largest absolute Gasteiger partial charge is 0.296 e. The highest BCUT2D eigenvalue weighted by Gasteiger charge is 2.77. The zero-order chi connectivity index (χ0) is 28.3. The van der Waals surface area contributed by atoms with E-state index in [1.807, 2.05) is 0 Å². The number of hydrogen-bond donors (Lipinski definition) is 0. The number of rotatable bonds is 5. The van der Waals surface area contributed by atoms with Crippen molar-refractivity contribution < 1.29 is 4.57 Å². The van der Waals surface area contributed by atoms with Gasteiger partial charge in [-0.3, -0.25) is 0 Å². The molecule has 2 nitrogen and oxygen atoms in total. The second-order valence-corrected chi connectivity index (χ2v) is 12.5. The van der Waals surface area contributed by atoms with Crippen molar-refractivity contribution in [3.8, 4) is 11.3 Å². The molecule has 0 radical (unpaired) electrons. The van der Waals surface area contributed by atoms with Crippen molar-refractivity contribution in [1.82, 2.24) is 4.40 Å². The summed E-state index contributed by atoms with van der Waals surface area (Å²) in [5, 5.41) is 4.09. The zero-order valence-corrected chi connectivity index (χ0v) is 24.8. The Morgan fingerprint density at radius 1 is 0.780 bits per heavy atom. The van der Waals surface area contributed by atoms with Gasteiger partial charge >= 0.3 is 0 Å². The molecule has 2 aromatic heterocycles. The van der Waals surface area contributed by atoms with Gasteiger partial charge in [-0.25, -0.2) is 4.57 Å². The molecule has 202 valence electrons. The molecule has 1 saturated carbocycles. The van der Waals surface area contributed by atoms with Crippen LogP contribution >= 0.6 is 0 Å². The van der Waals surface area contributed by atoms with Crippen LogP contribution in [0.1, 0.15) is 60.1 Å². The average molecular weight is 534 g/mol. The van der Waals surface area contributed by atoms with Crippen molar-refractivity contribution in [2.45, 2.75) is 64.8 Å². The molecule has 8 rings (SSSR count). The molecular formula is C39H37N2+. The lowest BCUT2D eigenvalue weighted by molar-refractivity contribution is -0.716. The van der Waals surface area contributed by atoms with Crippen LogP contribution in [0.25, 0.3) is 38.6 Å². The van der Waals surface area contributed by atoms with Gasteiger partial charge in [0.1, 0.15) is 17.3 Å². The summed E-state index contributed by atoms with van der Waals surface area (Å²) in [6, 6.07) is 29.6. The summed E-state index contributed by atoms with van der Waals surface area (Å²) in [6.45, 7) is 16.3. The van der Waals surface area contributed by atoms with Crippen LogP contribution < -0.4 is 4.57 Å². The van der Waals surface area contributed by atoms with Gasteiger partial charge in [-0.2, -0.15) is 4.40 Å². The Morgan fingerprint density at radius 2 is 1.49 bits per heavy atom. The Balaban J connectivity index is 1.58. The number of pyridine rings is 1. The summed E-state index contributed by atoms with van der Waals surface area (Å²) >= 11 is 0. The Bertz CT molecular complexity index is 2070. The third-order valence-corrected chi connectivity index (χ3v) is 10.5. The molecule has 6 aromatic rings. The summed E-state index contributed by atoms with van der Waals surface area (Å²) in [7, 11) is 0. The first-order valence-electron chi connectivity index (χ1n) is 15.1. The molecule has 0 saturated heterocycles. The molecule has 2 aliphatic rings. The number of aryl methyl sites for hydroxylation is 3. The molecule has 4 aromatic carbocycles. The molecule has 2 atom stereocenters. The summed E-state index contributed by atoms with van der Waals surface area (Å²) in [6.07, 6.45) is 5.49. The van der Waals surface area contributed by atoms with Crippen molar-refractivity contribution in [3.63, 3.8) is 0 Å². The van der Waals surface area contributed by atoms with Crippen molar-refractivity contribution in [2.24, 2.45) is 0 Å². The number of nitrogens with zero attached hydrogens (tertiary/aromatic N) is 2. The molecule has 0 bridgehead atoms. The minimum Gasteiger partial charge on any atom is -0.218 e. The van der Waals surface area contributed by atoms with Crippen LogP contribution in [-0.4, -0.2) is 4.40 Å². The van der Waals surface area contributed by atoms with E-state index in [9.17, 15) is 0 Å². The number of fused-ring (bicyclic) bond motifs is 6. The normalized spacial score (nSPS) is 20.9. The number of aromatic nitrogens is 2. The van der Waals surface area contributed by atoms with Crippen molar-refractivity contribution in [1.29, 1.82) is 0 Å². The van der Waals surface area contributed by atoms with Crippen LogP contribution in [0.5, 0.6) is 0 Å². The van der Waals surface area contributed by atoms with E-state index in [1.54, 1.807) is 0 Å². The number of allylic oxidation sites excluding steroid dienone is 1.